The Morgan fingerprint density at radius 2 is 2.04 bits per heavy atom. The topological polar surface area (TPSA) is 45.7 Å². The van der Waals surface area contributed by atoms with E-state index >= 15 is 0 Å². The van der Waals surface area contributed by atoms with Gasteiger partial charge < -0.3 is 15.4 Å². The quantitative estimate of drug-likeness (QED) is 0.647. The van der Waals surface area contributed by atoms with Crippen LogP contribution < -0.4 is 10.6 Å². The molecule has 1 saturated heterocycles. The van der Waals surface area contributed by atoms with Crippen molar-refractivity contribution in [2.75, 3.05) is 33.4 Å². The molecular formula is C18H28FN3O. The molecule has 2 rings (SSSR count). The van der Waals surface area contributed by atoms with Gasteiger partial charge in [0.1, 0.15) is 5.82 Å². The second-order valence-electron chi connectivity index (χ2n) is 6.60. The van der Waals surface area contributed by atoms with Crippen LogP contribution in [0, 0.1) is 11.7 Å². The highest BCUT2D eigenvalue weighted by molar-refractivity contribution is 5.79. The fourth-order valence-electron chi connectivity index (χ4n) is 2.92. The first-order chi connectivity index (χ1) is 11.1. The molecule has 5 heteroatoms. The summed E-state index contributed by atoms with van der Waals surface area (Å²) in [5.74, 6) is 1.16. The minimum atomic E-state index is -0.185. The summed E-state index contributed by atoms with van der Waals surface area (Å²) in [4.78, 5) is 4.28. The van der Waals surface area contributed by atoms with Gasteiger partial charge in [0.05, 0.1) is 0 Å². The van der Waals surface area contributed by atoms with E-state index in [2.05, 4.69) is 29.5 Å². The molecule has 1 aromatic rings. The SMILES string of the molecule is CN=C(NCC(C)C)NCC1(c2cccc(F)c2)CCOCC1. The van der Waals surface area contributed by atoms with Crippen LogP contribution in [0.2, 0.25) is 0 Å². The van der Waals surface area contributed by atoms with Crippen molar-refractivity contribution < 1.29 is 9.13 Å². The summed E-state index contributed by atoms with van der Waals surface area (Å²) in [6.45, 7) is 7.32. The average Bonchev–Trinajstić information content (AvgIpc) is 2.55. The van der Waals surface area contributed by atoms with Crippen LogP contribution in [-0.2, 0) is 10.2 Å². The lowest BCUT2D eigenvalue weighted by molar-refractivity contribution is 0.0513. The number of nitrogens with zero attached hydrogens (tertiary/aromatic N) is 1. The number of halogens is 1. The highest BCUT2D eigenvalue weighted by atomic mass is 19.1. The molecule has 1 aromatic carbocycles. The third-order valence-electron chi connectivity index (χ3n) is 4.38. The van der Waals surface area contributed by atoms with Gasteiger partial charge in [-0.3, -0.25) is 4.99 Å². The van der Waals surface area contributed by atoms with Gasteiger partial charge in [-0.05, 0) is 36.5 Å². The summed E-state index contributed by atoms with van der Waals surface area (Å²) in [6, 6.07) is 6.94. The van der Waals surface area contributed by atoms with E-state index in [1.54, 1.807) is 19.2 Å². The van der Waals surface area contributed by atoms with Gasteiger partial charge in [0.25, 0.3) is 0 Å². The van der Waals surface area contributed by atoms with E-state index in [1.165, 1.54) is 6.07 Å². The van der Waals surface area contributed by atoms with Crippen molar-refractivity contribution in [2.24, 2.45) is 10.9 Å². The van der Waals surface area contributed by atoms with Crippen molar-refractivity contribution in [1.82, 2.24) is 10.6 Å². The minimum absolute atomic E-state index is 0.115. The van der Waals surface area contributed by atoms with Gasteiger partial charge in [0.15, 0.2) is 5.96 Å². The molecule has 23 heavy (non-hydrogen) atoms. The van der Waals surface area contributed by atoms with Gasteiger partial charge in [0.2, 0.25) is 0 Å². The van der Waals surface area contributed by atoms with Gasteiger partial charge in [-0.25, -0.2) is 4.39 Å². The maximum Gasteiger partial charge on any atom is 0.191 e. The van der Waals surface area contributed by atoms with E-state index in [-0.39, 0.29) is 11.2 Å². The minimum Gasteiger partial charge on any atom is -0.381 e. The van der Waals surface area contributed by atoms with Gasteiger partial charge in [-0.2, -0.15) is 0 Å². The van der Waals surface area contributed by atoms with Crippen molar-refractivity contribution in [1.29, 1.82) is 0 Å². The lowest BCUT2D eigenvalue weighted by Gasteiger charge is -2.38. The lowest BCUT2D eigenvalue weighted by atomic mass is 9.74. The second-order valence-corrected chi connectivity index (χ2v) is 6.60. The standard InChI is InChI=1S/C18H28FN3O/c1-14(2)12-21-17(20-3)22-13-18(7-9-23-10-8-18)15-5-4-6-16(19)11-15/h4-6,11,14H,7-10,12-13H2,1-3H3,(H2,20,21,22). The number of hydrogen-bond donors (Lipinski definition) is 2. The Morgan fingerprint density at radius 3 is 2.65 bits per heavy atom. The number of ether oxygens (including phenoxy) is 1. The molecule has 0 aromatic heterocycles. The van der Waals surface area contributed by atoms with E-state index in [0.717, 1.165) is 37.5 Å². The van der Waals surface area contributed by atoms with Gasteiger partial charge in [-0.15, -0.1) is 0 Å². The zero-order chi connectivity index (χ0) is 16.7. The van der Waals surface area contributed by atoms with Crippen LogP contribution in [0.25, 0.3) is 0 Å². The highest BCUT2D eigenvalue weighted by Crippen LogP contribution is 2.34. The number of aliphatic imine (C=N–C) groups is 1. The highest BCUT2D eigenvalue weighted by Gasteiger charge is 2.34. The number of benzene rings is 1. The van der Waals surface area contributed by atoms with E-state index in [0.29, 0.717) is 19.1 Å². The Morgan fingerprint density at radius 1 is 1.30 bits per heavy atom. The molecule has 1 fully saturated rings. The fraction of sp³-hybridized carbons (Fsp3) is 0.611. The van der Waals surface area contributed by atoms with Crippen molar-refractivity contribution >= 4 is 5.96 Å². The molecule has 0 amide bonds. The Labute approximate surface area is 138 Å². The second kappa shape index (κ2) is 8.29. The summed E-state index contributed by atoms with van der Waals surface area (Å²) in [6.07, 6.45) is 1.76. The summed E-state index contributed by atoms with van der Waals surface area (Å²) < 4.78 is 19.2. The van der Waals surface area contributed by atoms with Gasteiger partial charge in [-0.1, -0.05) is 26.0 Å². The summed E-state index contributed by atoms with van der Waals surface area (Å²) in [5.41, 5.74) is 0.920. The van der Waals surface area contributed by atoms with Gasteiger partial charge >= 0.3 is 0 Å². The molecule has 0 bridgehead atoms. The van der Waals surface area contributed by atoms with E-state index < -0.39 is 0 Å². The monoisotopic (exact) mass is 321 g/mol. The van der Waals surface area contributed by atoms with Crippen molar-refractivity contribution in [3.63, 3.8) is 0 Å². The Hall–Kier alpha value is -1.62. The van der Waals surface area contributed by atoms with Crippen LogP contribution in [0.15, 0.2) is 29.3 Å². The maximum atomic E-state index is 13.7. The maximum absolute atomic E-state index is 13.7. The average molecular weight is 321 g/mol. The molecule has 0 spiro atoms. The van der Waals surface area contributed by atoms with E-state index in [9.17, 15) is 4.39 Å². The molecule has 0 aliphatic carbocycles. The lowest BCUT2D eigenvalue weighted by Crippen LogP contribution is -2.48. The van der Waals surface area contributed by atoms with E-state index in [4.69, 9.17) is 4.74 Å². The molecule has 0 atom stereocenters. The number of hydrogen-bond acceptors (Lipinski definition) is 2. The molecule has 2 N–H and O–H groups in total. The van der Waals surface area contributed by atoms with Crippen LogP contribution >= 0.6 is 0 Å². The van der Waals surface area contributed by atoms with Crippen molar-refractivity contribution in [3.8, 4) is 0 Å². The van der Waals surface area contributed by atoms with Gasteiger partial charge in [0, 0.05) is 38.8 Å². The molecule has 4 nitrogen and oxygen atoms in total. The predicted molar refractivity (Wildman–Crippen MR) is 92.3 cm³/mol. The third-order valence-corrected chi connectivity index (χ3v) is 4.38. The summed E-state index contributed by atoms with van der Waals surface area (Å²) in [5, 5.41) is 6.74. The normalized spacial score (nSPS) is 18.0. The molecule has 1 aliphatic heterocycles. The van der Waals surface area contributed by atoms with Crippen LogP contribution in [0.3, 0.4) is 0 Å². The smallest absolute Gasteiger partial charge is 0.191 e. The largest absolute Gasteiger partial charge is 0.381 e. The Kier molecular flexibility index (Phi) is 6.39. The molecule has 1 heterocycles. The van der Waals surface area contributed by atoms with Crippen LogP contribution in [0.1, 0.15) is 32.3 Å². The first kappa shape index (κ1) is 17.7. The fourth-order valence-corrected chi connectivity index (χ4v) is 2.92. The van der Waals surface area contributed by atoms with Crippen molar-refractivity contribution in [2.45, 2.75) is 32.1 Å². The Bertz CT molecular complexity index is 525. The molecule has 1 aliphatic rings. The summed E-state index contributed by atoms with van der Waals surface area (Å²) >= 11 is 0. The van der Waals surface area contributed by atoms with Crippen LogP contribution in [0.5, 0.6) is 0 Å². The predicted octanol–water partition coefficient (Wildman–Crippen LogP) is 2.69. The molecular weight excluding hydrogens is 293 g/mol. The number of rotatable bonds is 5. The Balaban J connectivity index is 2.10. The molecule has 0 radical (unpaired) electrons. The zero-order valence-corrected chi connectivity index (χ0v) is 14.4. The molecule has 128 valence electrons. The zero-order valence-electron chi connectivity index (χ0n) is 14.4. The number of nitrogens with one attached hydrogen (secondary N) is 2. The first-order valence-electron chi connectivity index (χ1n) is 8.34. The van der Waals surface area contributed by atoms with Crippen LogP contribution in [0.4, 0.5) is 4.39 Å². The van der Waals surface area contributed by atoms with E-state index in [1.807, 2.05) is 6.07 Å². The molecule has 0 unspecified atom stereocenters. The summed E-state index contributed by atoms with van der Waals surface area (Å²) in [7, 11) is 1.77. The molecule has 0 saturated carbocycles. The number of guanidine groups is 1. The first-order valence-corrected chi connectivity index (χ1v) is 8.34. The van der Waals surface area contributed by atoms with Crippen molar-refractivity contribution in [3.05, 3.63) is 35.6 Å². The van der Waals surface area contributed by atoms with Crippen LogP contribution in [-0.4, -0.2) is 39.3 Å². The third kappa shape index (κ3) is 4.93.